The molecular formula is C14H15F3N4OS. The van der Waals surface area contributed by atoms with Gasteiger partial charge in [0.1, 0.15) is 13.1 Å². The van der Waals surface area contributed by atoms with Gasteiger partial charge in [0.15, 0.2) is 10.6 Å². The standard InChI is InChI=1S/C14H15F3N4OS/c1-9-3-5-10(6-4-9)12-18-19-13(23)21(12)7-11(22)20(2)8-14(15,16)17/h3-6H,7-8H2,1-2H3,(H,19,23). The number of halogens is 3. The van der Waals surface area contributed by atoms with Crippen molar-refractivity contribution in [3.63, 3.8) is 0 Å². The molecule has 1 N–H and O–H groups in total. The number of amides is 1. The van der Waals surface area contributed by atoms with Gasteiger partial charge in [-0.2, -0.15) is 18.3 Å². The molecule has 124 valence electrons. The number of nitrogens with zero attached hydrogens (tertiary/aromatic N) is 3. The lowest BCUT2D eigenvalue weighted by Gasteiger charge is -2.19. The zero-order chi connectivity index (χ0) is 17.2. The summed E-state index contributed by atoms with van der Waals surface area (Å²) in [6.45, 7) is 0.304. The molecule has 1 aromatic carbocycles. The third kappa shape index (κ3) is 4.41. The largest absolute Gasteiger partial charge is 0.406 e. The van der Waals surface area contributed by atoms with Crippen molar-refractivity contribution in [2.45, 2.75) is 19.6 Å². The van der Waals surface area contributed by atoms with E-state index in [1.165, 1.54) is 4.57 Å². The van der Waals surface area contributed by atoms with Crippen molar-refractivity contribution < 1.29 is 18.0 Å². The molecule has 0 bridgehead atoms. The Bertz CT molecular complexity index is 749. The van der Waals surface area contributed by atoms with E-state index in [1.807, 2.05) is 19.1 Å². The van der Waals surface area contributed by atoms with Crippen LogP contribution >= 0.6 is 12.2 Å². The van der Waals surface area contributed by atoms with Gasteiger partial charge in [-0.1, -0.05) is 29.8 Å². The second-order valence-electron chi connectivity index (χ2n) is 5.17. The number of H-pyrrole nitrogens is 1. The number of rotatable bonds is 4. The Morgan fingerprint density at radius 2 is 1.96 bits per heavy atom. The Balaban J connectivity index is 2.24. The average molecular weight is 344 g/mol. The van der Waals surface area contributed by atoms with E-state index in [2.05, 4.69) is 10.2 Å². The first-order valence-corrected chi connectivity index (χ1v) is 7.11. The number of likely N-dealkylation sites (N-methyl/N-ethyl adjacent to an activating group) is 1. The van der Waals surface area contributed by atoms with Gasteiger partial charge < -0.3 is 4.90 Å². The summed E-state index contributed by atoms with van der Waals surface area (Å²) >= 11 is 5.07. The number of nitrogens with one attached hydrogen (secondary N) is 1. The molecule has 0 spiro atoms. The first kappa shape index (κ1) is 17.2. The number of carbonyl (C=O) groups excluding carboxylic acids is 1. The third-order valence-electron chi connectivity index (χ3n) is 3.20. The highest BCUT2D eigenvalue weighted by molar-refractivity contribution is 7.71. The molecule has 0 saturated heterocycles. The van der Waals surface area contributed by atoms with Crippen molar-refractivity contribution in [1.29, 1.82) is 0 Å². The molecule has 1 aromatic heterocycles. The van der Waals surface area contributed by atoms with Crippen molar-refractivity contribution in [2.75, 3.05) is 13.6 Å². The first-order valence-electron chi connectivity index (χ1n) is 6.70. The number of alkyl halides is 3. The SMILES string of the molecule is Cc1ccc(-c2n[nH]c(=S)n2CC(=O)N(C)CC(F)(F)F)cc1. The van der Waals surface area contributed by atoms with E-state index in [1.54, 1.807) is 12.1 Å². The van der Waals surface area contributed by atoms with Gasteiger partial charge in [-0.25, -0.2) is 0 Å². The van der Waals surface area contributed by atoms with Gasteiger partial charge in [0.05, 0.1) is 0 Å². The molecule has 1 amide bonds. The van der Waals surface area contributed by atoms with Crippen LogP contribution in [0, 0.1) is 11.7 Å². The van der Waals surface area contributed by atoms with E-state index in [9.17, 15) is 18.0 Å². The summed E-state index contributed by atoms with van der Waals surface area (Å²) in [7, 11) is 1.10. The first-order chi connectivity index (χ1) is 10.7. The van der Waals surface area contributed by atoms with Crippen molar-refractivity contribution in [1.82, 2.24) is 19.7 Å². The maximum atomic E-state index is 12.4. The van der Waals surface area contributed by atoms with E-state index in [-0.39, 0.29) is 11.3 Å². The molecule has 1 heterocycles. The Morgan fingerprint density at radius 3 is 2.52 bits per heavy atom. The number of aryl methyl sites for hydroxylation is 1. The fourth-order valence-corrected chi connectivity index (χ4v) is 2.20. The average Bonchev–Trinajstić information content (AvgIpc) is 2.79. The molecule has 0 aliphatic heterocycles. The van der Waals surface area contributed by atoms with Crippen LogP contribution in [0.3, 0.4) is 0 Å². The molecule has 0 aliphatic carbocycles. The molecule has 9 heteroatoms. The van der Waals surface area contributed by atoms with Gasteiger partial charge in [-0.3, -0.25) is 14.5 Å². The fourth-order valence-electron chi connectivity index (χ4n) is 2.00. The van der Waals surface area contributed by atoms with Crippen LogP contribution in [0.2, 0.25) is 0 Å². The fraction of sp³-hybridized carbons (Fsp3) is 0.357. The number of hydrogen-bond donors (Lipinski definition) is 1. The lowest BCUT2D eigenvalue weighted by Crippen LogP contribution is -2.37. The molecule has 23 heavy (non-hydrogen) atoms. The zero-order valence-electron chi connectivity index (χ0n) is 12.5. The summed E-state index contributed by atoms with van der Waals surface area (Å²) < 4.78 is 38.7. The van der Waals surface area contributed by atoms with Crippen LogP contribution in [-0.2, 0) is 11.3 Å². The van der Waals surface area contributed by atoms with Crippen LogP contribution in [0.5, 0.6) is 0 Å². The number of aromatic amines is 1. The number of aromatic nitrogens is 3. The van der Waals surface area contributed by atoms with Gasteiger partial charge in [0.25, 0.3) is 0 Å². The molecule has 0 unspecified atom stereocenters. The van der Waals surface area contributed by atoms with E-state index in [4.69, 9.17) is 12.2 Å². The number of benzene rings is 1. The minimum atomic E-state index is -4.44. The highest BCUT2D eigenvalue weighted by Gasteiger charge is 2.31. The Kier molecular flexibility index (Phi) is 4.88. The summed E-state index contributed by atoms with van der Waals surface area (Å²) in [5.74, 6) is -0.294. The van der Waals surface area contributed by atoms with Crippen molar-refractivity contribution in [3.05, 3.63) is 34.6 Å². The molecule has 0 radical (unpaired) electrons. The Labute approximate surface area is 135 Å². The van der Waals surface area contributed by atoms with Gasteiger partial charge in [-0.05, 0) is 19.1 Å². The summed E-state index contributed by atoms with van der Waals surface area (Å²) in [5.41, 5.74) is 1.77. The Hall–Kier alpha value is -2.16. The minimum absolute atomic E-state index is 0.175. The van der Waals surface area contributed by atoms with Crippen LogP contribution in [0.25, 0.3) is 11.4 Å². The molecule has 0 saturated carbocycles. The Morgan fingerprint density at radius 1 is 1.35 bits per heavy atom. The van der Waals surface area contributed by atoms with E-state index >= 15 is 0 Å². The molecule has 5 nitrogen and oxygen atoms in total. The minimum Gasteiger partial charge on any atom is -0.335 e. The maximum absolute atomic E-state index is 12.4. The number of carbonyl (C=O) groups is 1. The third-order valence-corrected chi connectivity index (χ3v) is 3.52. The van der Waals surface area contributed by atoms with Crippen LogP contribution in [0.1, 0.15) is 5.56 Å². The van der Waals surface area contributed by atoms with Crippen LogP contribution in [0.15, 0.2) is 24.3 Å². The van der Waals surface area contributed by atoms with E-state index in [0.29, 0.717) is 16.3 Å². The maximum Gasteiger partial charge on any atom is 0.406 e. The summed E-state index contributed by atoms with van der Waals surface area (Å²) in [6, 6.07) is 7.35. The smallest absolute Gasteiger partial charge is 0.335 e. The van der Waals surface area contributed by atoms with E-state index < -0.39 is 18.6 Å². The zero-order valence-corrected chi connectivity index (χ0v) is 13.3. The molecule has 2 aromatic rings. The van der Waals surface area contributed by atoms with Crippen LogP contribution < -0.4 is 0 Å². The second-order valence-corrected chi connectivity index (χ2v) is 5.56. The summed E-state index contributed by atoms with van der Waals surface area (Å²) in [4.78, 5) is 12.6. The normalized spacial score (nSPS) is 11.5. The topological polar surface area (TPSA) is 53.9 Å². The van der Waals surface area contributed by atoms with Gasteiger partial charge >= 0.3 is 6.18 Å². The highest BCUT2D eigenvalue weighted by Crippen LogP contribution is 2.19. The van der Waals surface area contributed by atoms with Crippen molar-refractivity contribution >= 4 is 18.1 Å². The monoisotopic (exact) mass is 344 g/mol. The molecule has 0 fully saturated rings. The van der Waals surface area contributed by atoms with Gasteiger partial charge in [0, 0.05) is 12.6 Å². The lowest BCUT2D eigenvalue weighted by atomic mass is 10.1. The predicted molar refractivity (Wildman–Crippen MR) is 81.3 cm³/mol. The van der Waals surface area contributed by atoms with Gasteiger partial charge in [0.2, 0.25) is 5.91 Å². The molecule has 0 aliphatic rings. The lowest BCUT2D eigenvalue weighted by molar-refractivity contribution is -0.158. The summed E-state index contributed by atoms with van der Waals surface area (Å²) in [5, 5.41) is 6.62. The predicted octanol–water partition coefficient (Wildman–Crippen LogP) is 2.94. The second kappa shape index (κ2) is 6.53. The molecular weight excluding hydrogens is 329 g/mol. The molecule has 2 rings (SSSR count). The van der Waals surface area contributed by atoms with Crippen molar-refractivity contribution in [2.24, 2.45) is 0 Å². The van der Waals surface area contributed by atoms with Gasteiger partial charge in [-0.15, -0.1) is 0 Å². The van der Waals surface area contributed by atoms with Crippen LogP contribution in [-0.4, -0.2) is 45.3 Å². The summed E-state index contributed by atoms with van der Waals surface area (Å²) in [6.07, 6.45) is -4.44. The number of hydrogen-bond acceptors (Lipinski definition) is 3. The van der Waals surface area contributed by atoms with Crippen molar-refractivity contribution in [3.8, 4) is 11.4 Å². The quantitative estimate of drug-likeness (QED) is 0.868. The highest BCUT2D eigenvalue weighted by atomic mass is 32.1. The molecule has 0 atom stereocenters. The van der Waals surface area contributed by atoms with Crippen LogP contribution in [0.4, 0.5) is 13.2 Å². The van der Waals surface area contributed by atoms with E-state index in [0.717, 1.165) is 12.6 Å².